The largest absolute Gasteiger partial charge is 0.493 e. The van der Waals surface area contributed by atoms with Crippen molar-refractivity contribution in [3.63, 3.8) is 0 Å². The van der Waals surface area contributed by atoms with E-state index < -0.39 is 5.41 Å². The Morgan fingerprint density at radius 3 is 2.25 bits per heavy atom. The number of nitrogens with zero attached hydrogens (tertiary/aromatic N) is 3. The molecule has 4 rings (SSSR count). The highest BCUT2D eigenvalue weighted by Crippen LogP contribution is 2.46. The van der Waals surface area contributed by atoms with Crippen molar-refractivity contribution in [2.24, 2.45) is 5.41 Å². The van der Waals surface area contributed by atoms with Crippen LogP contribution in [0.1, 0.15) is 43.2 Å². The zero-order valence-electron chi connectivity index (χ0n) is 19.3. The van der Waals surface area contributed by atoms with E-state index in [9.17, 15) is 14.4 Å². The number of carbonyl (C=O) groups is 3. The summed E-state index contributed by atoms with van der Waals surface area (Å²) in [6.45, 7) is 5.36. The van der Waals surface area contributed by atoms with Gasteiger partial charge in [0.25, 0.3) is 0 Å². The SMILES string of the molecule is COc1cc(C)c(CN2CCN(C(=O)CN3C(=O)CC4(CCCC4)C3=O)CC2)cc1OC. The van der Waals surface area contributed by atoms with Crippen LogP contribution < -0.4 is 9.47 Å². The van der Waals surface area contributed by atoms with Crippen LogP contribution in [0.5, 0.6) is 11.5 Å². The third-order valence-corrected chi connectivity index (χ3v) is 7.30. The number of ether oxygens (including phenoxy) is 2. The van der Waals surface area contributed by atoms with Crippen molar-refractivity contribution in [3.05, 3.63) is 23.3 Å². The van der Waals surface area contributed by atoms with Crippen molar-refractivity contribution in [2.45, 2.75) is 45.6 Å². The van der Waals surface area contributed by atoms with Crippen molar-refractivity contribution in [2.75, 3.05) is 46.9 Å². The van der Waals surface area contributed by atoms with Gasteiger partial charge in [0.2, 0.25) is 17.7 Å². The molecule has 1 spiro atoms. The van der Waals surface area contributed by atoms with Gasteiger partial charge < -0.3 is 14.4 Å². The second-order valence-corrected chi connectivity index (χ2v) is 9.24. The van der Waals surface area contributed by atoms with Gasteiger partial charge in [-0.05, 0) is 43.0 Å². The van der Waals surface area contributed by atoms with Gasteiger partial charge in [-0.2, -0.15) is 0 Å². The zero-order chi connectivity index (χ0) is 22.9. The highest BCUT2D eigenvalue weighted by atomic mass is 16.5. The van der Waals surface area contributed by atoms with Crippen LogP contribution in [0, 0.1) is 12.3 Å². The summed E-state index contributed by atoms with van der Waals surface area (Å²) in [6.07, 6.45) is 3.80. The minimum Gasteiger partial charge on any atom is -0.493 e. The van der Waals surface area contributed by atoms with E-state index >= 15 is 0 Å². The lowest BCUT2D eigenvalue weighted by Gasteiger charge is -2.35. The smallest absolute Gasteiger partial charge is 0.242 e. The van der Waals surface area contributed by atoms with E-state index in [1.807, 2.05) is 12.1 Å². The van der Waals surface area contributed by atoms with E-state index in [2.05, 4.69) is 11.8 Å². The first-order chi connectivity index (χ1) is 15.4. The molecule has 1 aromatic rings. The first kappa shape index (κ1) is 22.6. The van der Waals surface area contributed by atoms with Crippen LogP contribution in [0.2, 0.25) is 0 Å². The van der Waals surface area contributed by atoms with Gasteiger partial charge in [0, 0.05) is 39.1 Å². The minimum absolute atomic E-state index is 0.117. The second-order valence-electron chi connectivity index (χ2n) is 9.24. The normalized spacial score (nSPS) is 21.0. The lowest BCUT2D eigenvalue weighted by atomic mass is 9.84. The van der Waals surface area contributed by atoms with E-state index in [1.165, 1.54) is 4.90 Å². The molecule has 174 valence electrons. The number of carbonyl (C=O) groups excluding carboxylic acids is 3. The lowest BCUT2D eigenvalue weighted by Crippen LogP contribution is -2.51. The molecule has 1 aliphatic carbocycles. The molecule has 2 saturated heterocycles. The van der Waals surface area contributed by atoms with Gasteiger partial charge in [-0.1, -0.05) is 12.8 Å². The number of hydrogen-bond acceptors (Lipinski definition) is 6. The van der Waals surface area contributed by atoms with Gasteiger partial charge in [-0.25, -0.2) is 0 Å². The Hall–Kier alpha value is -2.61. The molecule has 3 amide bonds. The average Bonchev–Trinajstić information content (AvgIpc) is 3.35. The fourth-order valence-corrected chi connectivity index (χ4v) is 5.29. The number of rotatable bonds is 6. The van der Waals surface area contributed by atoms with Crippen LogP contribution in [0.25, 0.3) is 0 Å². The van der Waals surface area contributed by atoms with Crippen molar-refractivity contribution >= 4 is 17.7 Å². The van der Waals surface area contributed by atoms with Crippen LogP contribution >= 0.6 is 0 Å². The number of methoxy groups -OCH3 is 2. The summed E-state index contributed by atoms with van der Waals surface area (Å²) >= 11 is 0. The lowest BCUT2D eigenvalue weighted by molar-refractivity contribution is -0.148. The van der Waals surface area contributed by atoms with Crippen molar-refractivity contribution < 1.29 is 23.9 Å². The van der Waals surface area contributed by atoms with E-state index in [1.54, 1.807) is 19.1 Å². The number of amides is 3. The molecule has 0 atom stereocenters. The van der Waals surface area contributed by atoms with Gasteiger partial charge in [-0.15, -0.1) is 0 Å². The summed E-state index contributed by atoms with van der Waals surface area (Å²) in [5, 5.41) is 0. The van der Waals surface area contributed by atoms with E-state index in [4.69, 9.17) is 9.47 Å². The molecule has 0 N–H and O–H groups in total. The fourth-order valence-electron chi connectivity index (χ4n) is 5.29. The monoisotopic (exact) mass is 443 g/mol. The summed E-state index contributed by atoms with van der Waals surface area (Å²) in [5.74, 6) is 0.976. The molecule has 0 unspecified atom stereocenters. The summed E-state index contributed by atoms with van der Waals surface area (Å²) in [6, 6.07) is 3.99. The number of aryl methyl sites for hydroxylation is 1. The van der Waals surface area contributed by atoms with Crippen LogP contribution in [-0.4, -0.2) is 79.4 Å². The Labute approximate surface area is 189 Å². The van der Waals surface area contributed by atoms with E-state index in [0.717, 1.165) is 62.2 Å². The Kier molecular flexibility index (Phi) is 6.42. The van der Waals surface area contributed by atoms with Gasteiger partial charge >= 0.3 is 0 Å². The van der Waals surface area contributed by atoms with Crippen molar-refractivity contribution in [3.8, 4) is 11.5 Å². The molecule has 8 nitrogen and oxygen atoms in total. The average molecular weight is 444 g/mol. The van der Waals surface area contributed by atoms with Crippen LogP contribution in [0.15, 0.2) is 12.1 Å². The van der Waals surface area contributed by atoms with Gasteiger partial charge in [0.1, 0.15) is 6.54 Å². The first-order valence-electron chi connectivity index (χ1n) is 11.4. The molecule has 32 heavy (non-hydrogen) atoms. The highest BCUT2D eigenvalue weighted by molar-refractivity contribution is 6.08. The summed E-state index contributed by atoms with van der Waals surface area (Å²) < 4.78 is 10.8. The standard InChI is InChI=1S/C24H33N3O5/c1-17-12-19(31-2)20(32-3)13-18(17)15-25-8-10-26(11-9-25)22(29)16-27-21(28)14-24(23(27)30)6-4-5-7-24/h12-13H,4-11,14-16H2,1-3H3. The summed E-state index contributed by atoms with van der Waals surface area (Å²) in [7, 11) is 3.26. The zero-order valence-corrected chi connectivity index (χ0v) is 19.3. The first-order valence-corrected chi connectivity index (χ1v) is 11.4. The third-order valence-electron chi connectivity index (χ3n) is 7.30. The molecular weight excluding hydrogens is 410 g/mol. The van der Waals surface area contributed by atoms with Gasteiger partial charge in [0.15, 0.2) is 11.5 Å². The Morgan fingerprint density at radius 1 is 1.00 bits per heavy atom. The predicted octanol–water partition coefficient (Wildman–Crippen LogP) is 1.98. The fraction of sp³-hybridized carbons (Fsp3) is 0.625. The minimum atomic E-state index is -0.520. The number of imide groups is 1. The Balaban J connectivity index is 1.32. The van der Waals surface area contributed by atoms with E-state index in [-0.39, 0.29) is 30.7 Å². The molecule has 3 fully saturated rings. The predicted molar refractivity (Wildman–Crippen MR) is 118 cm³/mol. The van der Waals surface area contributed by atoms with Crippen molar-refractivity contribution in [1.82, 2.24) is 14.7 Å². The molecule has 0 bridgehead atoms. The molecule has 3 aliphatic rings. The molecule has 0 aromatic heterocycles. The second kappa shape index (κ2) is 9.10. The van der Waals surface area contributed by atoms with Crippen LogP contribution in [0.4, 0.5) is 0 Å². The van der Waals surface area contributed by atoms with E-state index in [0.29, 0.717) is 18.8 Å². The van der Waals surface area contributed by atoms with Crippen LogP contribution in [0.3, 0.4) is 0 Å². The van der Waals surface area contributed by atoms with Gasteiger partial charge in [0.05, 0.1) is 19.6 Å². The third kappa shape index (κ3) is 4.20. The summed E-state index contributed by atoms with van der Waals surface area (Å²) in [5.41, 5.74) is 1.78. The maximum Gasteiger partial charge on any atom is 0.242 e. The topological polar surface area (TPSA) is 79.4 Å². The number of benzene rings is 1. The molecule has 1 saturated carbocycles. The van der Waals surface area contributed by atoms with Crippen LogP contribution in [-0.2, 0) is 20.9 Å². The number of hydrogen-bond donors (Lipinski definition) is 0. The molecule has 8 heteroatoms. The molecule has 2 heterocycles. The quantitative estimate of drug-likeness (QED) is 0.626. The Bertz CT molecular complexity index is 901. The summed E-state index contributed by atoms with van der Waals surface area (Å²) in [4.78, 5) is 43.5. The molecule has 2 aliphatic heterocycles. The molecular formula is C24H33N3O5. The molecule has 1 aromatic carbocycles. The van der Waals surface area contributed by atoms with Gasteiger partial charge in [-0.3, -0.25) is 24.2 Å². The number of piperazine rings is 1. The highest BCUT2D eigenvalue weighted by Gasteiger charge is 2.53. The maximum absolute atomic E-state index is 12.9. The number of likely N-dealkylation sites (tertiary alicyclic amines) is 1. The Morgan fingerprint density at radius 2 is 1.62 bits per heavy atom. The maximum atomic E-state index is 12.9. The van der Waals surface area contributed by atoms with Crippen molar-refractivity contribution in [1.29, 1.82) is 0 Å². The molecule has 0 radical (unpaired) electrons.